The lowest BCUT2D eigenvalue weighted by atomic mass is 9.93. The van der Waals surface area contributed by atoms with Crippen LogP contribution in [0.25, 0.3) is 10.9 Å². The van der Waals surface area contributed by atoms with Crippen molar-refractivity contribution in [1.29, 1.82) is 0 Å². The molecule has 1 aliphatic rings. The van der Waals surface area contributed by atoms with Gasteiger partial charge in [0.05, 0.1) is 11.5 Å². The van der Waals surface area contributed by atoms with Gasteiger partial charge in [0.1, 0.15) is 5.75 Å². The number of benzene rings is 2. The number of piperidine rings is 1. The second kappa shape index (κ2) is 11.6. The summed E-state index contributed by atoms with van der Waals surface area (Å²) >= 11 is 6.10. The van der Waals surface area contributed by atoms with Crippen molar-refractivity contribution in [2.45, 2.75) is 43.4 Å². The van der Waals surface area contributed by atoms with E-state index in [4.69, 9.17) is 16.3 Å². The highest BCUT2D eigenvalue weighted by Crippen LogP contribution is 2.24. The smallest absolute Gasteiger partial charge is 0.240 e. The van der Waals surface area contributed by atoms with Gasteiger partial charge >= 0.3 is 0 Å². The molecule has 34 heavy (non-hydrogen) atoms. The number of likely N-dealkylation sites (tertiary alicyclic amines) is 1. The van der Waals surface area contributed by atoms with Crippen LogP contribution >= 0.6 is 11.6 Å². The molecule has 0 amide bonds. The Labute approximate surface area is 207 Å². The summed E-state index contributed by atoms with van der Waals surface area (Å²) in [6.45, 7) is 3.40. The number of nitrogens with one attached hydrogen (secondary N) is 2. The minimum Gasteiger partial charge on any atom is -0.494 e. The average Bonchev–Trinajstić information content (AvgIpc) is 3.23. The van der Waals surface area contributed by atoms with Gasteiger partial charge in [0.25, 0.3) is 0 Å². The van der Waals surface area contributed by atoms with Crippen LogP contribution in [0.5, 0.6) is 5.75 Å². The second-order valence-electron chi connectivity index (χ2n) is 9.21. The zero-order valence-corrected chi connectivity index (χ0v) is 21.3. The minimum atomic E-state index is -3.55. The molecule has 0 saturated carbocycles. The Morgan fingerprint density at radius 1 is 1.12 bits per heavy atom. The fourth-order valence-corrected chi connectivity index (χ4v) is 5.80. The summed E-state index contributed by atoms with van der Waals surface area (Å²) in [5.74, 6) is 1.51. The predicted molar refractivity (Wildman–Crippen MR) is 138 cm³/mol. The third-order valence-electron chi connectivity index (χ3n) is 6.64. The summed E-state index contributed by atoms with van der Waals surface area (Å²) in [6.07, 6.45) is 8.17. The summed E-state index contributed by atoms with van der Waals surface area (Å²) in [5.41, 5.74) is 2.16. The topological polar surface area (TPSA) is 74.4 Å². The number of H-pyrrole nitrogens is 1. The number of aryl methyl sites for hydroxylation is 1. The SMILES string of the molecule is CN1CCC(CCCOc2ccc(S(=O)(=O)NCCCc3c[nH]c4ccc(Cl)cc34)cc2)CC1. The van der Waals surface area contributed by atoms with Gasteiger partial charge in [0, 0.05) is 28.7 Å². The van der Waals surface area contributed by atoms with E-state index in [9.17, 15) is 8.42 Å². The first-order valence-electron chi connectivity index (χ1n) is 12.1. The number of halogens is 1. The highest BCUT2D eigenvalue weighted by molar-refractivity contribution is 7.89. The number of nitrogens with zero attached hydrogens (tertiary/aromatic N) is 1. The molecule has 1 aromatic heterocycles. The summed E-state index contributed by atoms with van der Waals surface area (Å²) in [4.78, 5) is 5.87. The number of ether oxygens (including phenoxy) is 1. The van der Waals surface area contributed by atoms with Crippen LogP contribution in [-0.4, -0.2) is 51.6 Å². The van der Waals surface area contributed by atoms with E-state index in [2.05, 4.69) is 21.7 Å². The molecule has 1 aliphatic heterocycles. The molecule has 6 nitrogen and oxygen atoms in total. The molecule has 0 radical (unpaired) electrons. The molecule has 0 atom stereocenters. The maximum Gasteiger partial charge on any atom is 0.240 e. The van der Waals surface area contributed by atoms with Gasteiger partial charge < -0.3 is 14.6 Å². The van der Waals surface area contributed by atoms with Crippen LogP contribution in [0.3, 0.4) is 0 Å². The van der Waals surface area contributed by atoms with Crippen molar-refractivity contribution in [2.24, 2.45) is 5.92 Å². The van der Waals surface area contributed by atoms with Crippen LogP contribution in [0.2, 0.25) is 5.02 Å². The molecule has 1 saturated heterocycles. The molecular formula is C26H34ClN3O3S. The number of rotatable bonds is 11. The zero-order chi connectivity index (χ0) is 24.0. The standard InChI is InChI=1S/C26H34ClN3O3S/c1-30-15-12-20(13-16-30)4-3-17-33-23-7-9-24(10-8-23)34(31,32)29-14-2-5-21-19-28-26-11-6-22(27)18-25(21)26/h6-11,18-20,28-29H,2-5,12-17H2,1H3. The van der Waals surface area contributed by atoms with Gasteiger partial charge in [0.2, 0.25) is 10.0 Å². The summed E-state index contributed by atoms with van der Waals surface area (Å²) in [5, 5.41) is 1.77. The fraction of sp³-hybridized carbons (Fsp3) is 0.462. The molecule has 2 heterocycles. The third-order valence-corrected chi connectivity index (χ3v) is 8.35. The van der Waals surface area contributed by atoms with Crippen LogP contribution < -0.4 is 9.46 Å². The van der Waals surface area contributed by atoms with Crippen molar-refractivity contribution >= 4 is 32.5 Å². The van der Waals surface area contributed by atoms with E-state index in [0.717, 1.165) is 35.2 Å². The molecule has 8 heteroatoms. The Balaban J connectivity index is 1.19. The van der Waals surface area contributed by atoms with Gasteiger partial charge in [-0.25, -0.2) is 13.1 Å². The maximum absolute atomic E-state index is 12.6. The van der Waals surface area contributed by atoms with E-state index in [1.54, 1.807) is 24.3 Å². The molecule has 0 bridgehead atoms. The average molecular weight is 504 g/mol. The Morgan fingerprint density at radius 2 is 1.88 bits per heavy atom. The lowest BCUT2D eigenvalue weighted by Gasteiger charge is -2.28. The maximum atomic E-state index is 12.6. The van der Waals surface area contributed by atoms with Crippen molar-refractivity contribution < 1.29 is 13.2 Å². The molecule has 0 unspecified atom stereocenters. The molecule has 3 aromatic rings. The van der Waals surface area contributed by atoms with E-state index < -0.39 is 10.0 Å². The first-order valence-corrected chi connectivity index (χ1v) is 13.9. The Kier molecular flexibility index (Phi) is 8.53. The number of fused-ring (bicyclic) bond motifs is 1. The normalized spacial score (nSPS) is 15.7. The first kappa shape index (κ1) is 25.0. The van der Waals surface area contributed by atoms with Crippen molar-refractivity contribution in [3.63, 3.8) is 0 Å². The van der Waals surface area contributed by atoms with E-state index in [-0.39, 0.29) is 4.90 Å². The lowest BCUT2D eigenvalue weighted by molar-refractivity contribution is 0.200. The number of hydrogen-bond donors (Lipinski definition) is 2. The van der Waals surface area contributed by atoms with E-state index in [0.29, 0.717) is 30.3 Å². The molecule has 2 aromatic carbocycles. The largest absolute Gasteiger partial charge is 0.494 e. The minimum absolute atomic E-state index is 0.255. The molecule has 4 rings (SSSR count). The van der Waals surface area contributed by atoms with Crippen LogP contribution in [0.4, 0.5) is 0 Å². The summed E-state index contributed by atoms with van der Waals surface area (Å²) in [6, 6.07) is 12.4. The molecule has 0 aliphatic carbocycles. The van der Waals surface area contributed by atoms with Crippen LogP contribution in [-0.2, 0) is 16.4 Å². The van der Waals surface area contributed by atoms with Gasteiger partial charge in [-0.15, -0.1) is 0 Å². The highest BCUT2D eigenvalue weighted by Gasteiger charge is 2.16. The monoisotopic (exact) mass is 503 g/mol. The number of aromatic nitrogens is 1. The first-order chi connectivity index (χ1) is 16.4. The van der Waals surface area contributed by atoms with Crippen LogP contribution in [0, 0.1) is 5.92 Å². The van der Waals surface area contributed by atoms with E-state index >= 15 is 0 Å². The Hall–Kier alpha value is -2.06. The quantitative estimate of drug-likeness (QED) is 0.351. The summed E-state index contributed by atoms with van der Waals surface area (Å²) in [7, 11) is -1.37. The third kappa shape index (κ3) is 6.75. The van der Waals surface area contributed by atoms with Crippen molar-refractivity contribution in [3.05, 3.63) is 59.2 Å². The van der Waals surface area contributed by atoms with E-state index in [1.165, 1.54) is 32.4 Å². The van der Waals surface area contributed by atoms with Crippen LogP contribution in [0.15, 0.2) is 53.6 Å². The Morgan fingerprint density at radius 3 is 2.65 bits per heavy atom. The van der Waals surface area contributed by atoms with Gasteiger partial charge in [-0.2, -0.15) is 0 Å². The van der Waals surface area contributed by atoms with Gasteiger partial charge in [-0.05, 0) is 113 Å². The van der Waals surface area contributed by atoms with Crippen molar-refractivity contribution in [3.8, 4) is 5.75 Å². The number of aromatic amines is 1. The molecular weight excluding hydrogens is 470 g/mol. The molecule has 184 valence electrons. The van der Waals surface area contributed by atoms with Crippen molar-refractivity contribution in [1.82, 2.24) is 14.6 Å². The van der Waals surface area contributed by atoms with Gasteiger partial charge in [0.15, 0.2) is 0 Å². The second-order valence-corrected chi connectivity index (χ2v) is 11.4. The molecule has 1 fully saturated rings. The summed E-state index contributed by atoms with van der Waals surface area (Å²) < 4.78 is 33.8. The lowest BCUT2D eigenvalue weighted by Crippen LogP contribution is -2.30. The number of hydrogen-bond acceptors (Lipinski definition) is 4. The Bertz CT molecular complexity index is 1170. The predicted octanol–water partition coefficient (Wildman–Crippen LogP) is 5.23. The zero-order valence-electron chi connectivity index (χ0n) is 19.7. The van der Waals surface area contributed by atoms with Crippen LogP contribution in [0.1, 0.15) is 37.7 Å². The van der Waals surface area contributed by atoms with Crippen molar-refractivity contribution in [2.75, 3.05) is 33.3 Å². The van der Waals surface area contributed by atoms with Gasteiger partial charge in [-0.1, -0.05) is 11.6 Å². The fourth-order valence-electron chi connectivity index (χ4n) is 4.55. The molecule has 2 N–H and O–H groups in total. The number of sulfonamides is 1. The molecule has 0 spiro atoms. The van der Waals surface area contributed by atoms with E-state index in [1.807, 2.05) is 24.4 Å². The highest BCUT2D eigenvalue weighted by atomic mass is 35.5. The van der Waals surface area contributed by atoms with Gasteiger partial charge in [-0.3, -0.25) is 0 Å².